The van der Waals surface area contributed by atoms with E-state index in [0.717, 1.165) is 12.3 Å². The van der Waals surface area contributed by atoms with E-state index in [1.807, 2.05) is 0 Å². The number of nitrogens with one attached hydrogen (secondary N) is 1. The molecule has 0 spiro atoms. The first-order valence-corrected chi connectivity index (χ1v) is 8.68. The number of pyridine rings is 2. The molecule has 0 saturated heterocycles. The van der Waals surface area contributed by atoms with Crippen LogP contribution in [0.5, 0.6) is 5.75 Å². The lowest BCUT2D eigenvalue weighted by atomic mass is 10.0. The third-order valence-electron chi connectivity index (χ3n) is 3.78. The van der Waals surface area contributed by atoms with E-state index in [-0.39, 0.29) is 4.90 Å². The van der Waals surface area contributed by atoms with Crippen molar-refractivity contribution < 1.29 is 17.9 Å². The Hall–Kier alpha value is -3.00. The smallest absolute Gasteiger partial charge is 0.270 e. The molecule has 128 valence electrons. The Labute approximate surface area is 142 Å². The second-order valence-corrected chi connectivity index (χ2v) is 7.21. The van der Waals surface area contributed by atoms with E-state index in [0.29, 0.717) is 16.7 Å². The van der Waals surface area contributed by atoms with Crippen molar-refractivity contribution >= 4 is 9.84 Å². The van der Waals surface area contributed by atoms with E-state index < -0.39 is 32.0 Å². The molecule has 0 unspecified atom stereocenters. The number of aromatic hydroxyl groups is 1. The molecule has 0 bridgehead atoms. The molecule has 0 fully saturated rings. The molecule has 25 heavy (non-hydrogen) atoms. The summed E-state index contributed by atoms with van der Waals surface area (Å²) in [5.74, 6) is -1.23. The molecule has 0 radical (unpaired) electrons. The second kappa shape index (κ2) is 6.14. The van der Waals surface area contributed by atoms with Crippen molar-refractivity contribution in [2.75, 3.05) is 0 Å². The molecule has 3 aromatic rings. The van der Waals surface area contributed by atoms with Crippen LogP contribution in [0.15, 0.2) is 63.4 Å². The van der Waals surface area contributed by atoms with Crippen molar-refractivity contribution in [2.45, 2.75) is 16.7 Å². The van der Waals surface area contributed by atoms with Gasteiger partial charge in [-0.2, -0.15) is 4.39 Å². The van der Waals surface area contributed by atoms with Gasteiger partial charge in [-0.05, 0) is 42.3 Å². The fourth-order valence-corrected chi connectivity index (χ4v) is 3.84. The number of sulfone groups is 1. The number of halogens is 1. The molecule has 0 aliphatic heterocycles. The maximum absolute atomic E-state index is 13.6. The largest absolute Gasteiger partial charge is 0.506 e. The zero-order valence-electron chi connectivity index (χ0n) is 13.0. The highest BCUT2D eigenvalue weighted by Crippen LogP contribution is 2.28. The molecule has 0 atom stereocenters. The number of aromatic nitrogens is 2. The Balaban J connectivity index is 2.09. The average Bonchev–Trinajstić information content (AvgIpc) is 2.57. The zero-order valence-corrected chi connectivity index (χ0v) is 13.8. The van der Waals surface area contributed by atoms with Gasteiger partial charge in [0.05, 0.1) is 4.90 Å². The number of nitrogens with zero attached hydrogens (tertiary/aromatic N) is 1. The van der Waals surface area contributed by atoms with Gasteiger partial charge < -0.3 is 10.1 Å². The van der Waals surface area contributed by atoms with E-state index in [9.17, 15) is 22.7 Å². The first-order chi connectivity index (χ1) is 11.8. The number of hydrogen-bond acceptors (Lipinski definition) is 5. The minimum absolute atomic E-state index is 0.157. The number of H-pyrrole nitrogens is 1. The van der Waals surface area contributed by atoms with Crippen LogP contribution in [-0.2, 0) is 9.84 Å². The van der Waals surface area contributed by atoms with Gasteiger partial charge in [-0.25, -0.2) is 13.4 Å². The van der Waals surface area contributed by atoms with Crippen molar-refractivity contribution in [1.29, 1.82) is 0 Å². The molecule has 8 heteroatoms. The molecule has 2 aromatic heterocycles. The van der Waals surface area contributed by atoms with Crippen molar-refractivity contribution in [3.05, 3.63) is 70.7 Å². The quantitative estimate of drug-likeness (QED) is 0.699. The fourth-order valence-electron chi connectivity index (χ4n) is 2.47. The lowest BCUT2D eigenvalue weighted by molar-refractivity contribution is 0.455. The van der Waals surface area contributed by atoms with Crippen molar-refractivity contribution in [2.24, 2.45) is 0 Å². The third kappa shape index (κ3) is 2.91. The lowest BCUT2D eigenvalue weighted by Crippen LogP contribution is -2.17. The maximum atomic E-state index is 13.6. The Bertz CT molecular complexity index is 1110. The van der Waals surface area contributed by atoms with Crippen LogP contribution >= 0.6 is 0 Å². The Morgan fingerprint density at radius 3 is 2.44 bits per heavy atom. The summed E-state index contributed by atoms with van der Waals surface area (Å²) < 4.78 is 38.8. The molecule has 6 nitrogen and oxygen atoms in total. The van der Waals surface area contributed by atoms with Crippen LogP contribution in [0, 0.1) is 12.9 Å². The van der Waals surface area contributed by atoms with E-state index in [4.69, 9.17) is 0 Å². The molecule has 1 aromatic carbocycles. The first-order valence-electron chi connectivity index (χ1n) is 7.19. The molecule has 2 heterocycles. The monoisotopic (exact) mass is 360 g/mol. The summed E-state index contributed by atoms with van der Waals surface area (Å²) in [6.07, 6.45) is 2.48. The summed E-state index contributed by atoms with van der Waals surface area (Å²) in [5.41, 5.74) is 0.618. The molecular weight excluding hydrogens is 347 g/mol. The molecule has 3 rings (SSSR count). The van der Waals surface area contributed by atoms with E-state index in [1.165, 1.54) is 30.5 Å². The molecule has 2 N–H and O–H groups in total. The highest BCUT2D eigenvalue weighted by molar-refractivity contribution is 7.91. The normalized spacial score (nSPS) is 11.4. The summed E-state index contributed by atoms with van der Waals surface area (Å²) in [5, 5.41) is 9.74. The Morgan fingerprint density at radius 1 is 1.12 bits per heavy atom. The summed E-state index contributed by atoms with van der Waals surface area (Å²) in [6.45, 7) is 1.57. The van der Waals surface area contributed by atoms with Crippen molar-refractivity contribution in [1.82, 2.24) is 9.97 Å². The van der Waals surface area contributed by atoms with Gasteiger partial charge in [0.25, 0.3) is 5.56 Å². The van der Waals surface area contributed by atoms with Crippen LogP contribution in [0.3, 0.4) is 0 Å². The highest BCUT2D eigenvalue weighted by Gasteiger charge is 2.25. The minimum atomic E-state index is -4.20. The Morgan fingerprint density at radius 2 is 1.80 bits per heavy atom. The van der Waals surface area contributed by atoms with Crippen LogP contribution < -0.4 is 5.56 Å². The third-order valence-corrected chi connectivity index (χ3v) is 5.61. The maximum Gasteiger partial charge on any atom is 0.270 e. The Kier molecular flexibility index (Phi) is 4.13. The van der Waals surface area contributed by atoms with Gasteiger partial charge >= 0.3 is 0 Å². The van der Waals surface area contributed by atoms with Gasteiger partial charge in [0.15, 0.2) is 4.90 Å². The van der Waals surface area contributed by atoms with Crippen molar-refractivity contribution in [3.8, 4) is 16.9 Å². The predicted molar refractivity (Wildman–Crippen MR) is 88.5 cm³/mol. The first kappa shape index (κ1) is 16.8. The van der Waals surface area contributed by atoms with Crippen LogP contribution in [0.2, 0.25) is 0 Å². The van der Waals surface area contributed by atoms with Gasteiger partial charge in [0.2, 0.25) is 15.8 Å². The predicted octanol–water partition coefficient (Wildman–Crippen LogP) is 2.42. The topological polar surface area (TPSA) is 100 Å². The van der Waals surface area contributed by atoms with E-state index in [1.54, 1.807) is 13.0 Å². The van der Waals surface area contributed by atoms with Gasteiger partial charge in [0, 0.05) is 18.0 Å². The summed E-state index contributed by atoms with van der Waals surface area (Å²) in [6, 6.07) is 8.32. The summed E-state index contributed by atoms with van der Waals surface area (Å²) in [7, 11) is -4.20. The summed E-state index contributed by atoms with van der Waals surface area (Å²) >= 11 is 0. The van der Waals surface area contributed by atoms with Crippen LogP contribution in [0.1, 0.15) is 5.56 Å². The SMILES string of the molecule is Cc1c(-c2ccc(S(=O)(=O)c3c(O)cc[nH]c3=O)cc2)ccnc1F. The zero-order chi connectivity index (χ0) is 18.2. The number of rotatable bonds is 3. The van der Waals surface area contributed by atoms with E-state index in [2.05, 4.69) is 9.97 Å². The molecule has 0 aliphatic carbocycles. The molecular formula is C17H13FN2O4S. The van der Waals surface area contributed by atoms with Gasteiger partial charge in [-0.15, -0.1) is 0 Å². The van der Waals surface area contributed by atoms with Crippen molar-refractivity contribution in [3.63, 3.8) is 0 Å². The van der Waals surface area contributed by atoms with Crippen LogP contribution in [0.25, 0.3) is 11.1 Å². The molecule has 0 aliphatic rings. The number of aromatic amines is 1. The molecule has 0 amide bonds. The lowest BCUT2D eigenvalue weighted by Gasteiger charge is -2.09. The minimum Gasteiger partial charge on any atom is -0.506 e. The number of benzene rings is 1. The standard InChI is InChI=1S/C17H13FN2O4S/c1-10-13(6-8-19-16(10)18)11-2-4-12(5-3-11)25(23,24)15-14(21)7-9-20-17(15)22/h2-9H,1H3,(H2,20,21,22). The molecule has 0 saturated carbocycles. The average molecular weight is 360 g/mol. The van der Waals surface area contributed by atoms with Gasteiger partial charge in [0.1, 0.15) is 5.75 Å². The van der Waals surface area contributed by atoms with Gasteiger partial charge in [-0.1, -0.05) is 12.1 Å². The van der Waals surface area contributed by atoms with Crippen LogP contribution in [-0.4, -0.2) is 23.5 Å². The fraction of sp³-hybridized carbons (Fsp3) is 0.0588. The highest BCUT2D eigenvalue weighted by atomic mass is 32.2. The van der Waals surface area contributed by atoms with Gasteiger partial charge in [-0.3, -0.25) is 4.79 Å². The van der Waals surface area contributed by atoms with Crippen LogP contribution in [0.4, 0.5) is 4.39 Å². The number of hydrogen-bond donors (Lipinski definition) is 2. The second-order valence-electron chi connectivity index (χ2n) is 5.32. The van der Waals surface area contributed by atoms with E-state index >= 15 is 0 Å². The summed E-state index contributed by atoms with van der Waals surface area (Å²) in [4.78, 5) is 16.7.